The zero-order valence-corrected chi connectivity index (χ0v) is 15.7. The van der Waals surface area contributed by atoms with Gasteiger partial charge in [-0.15, -0.1) is 0 Å². The molecule has 138 valence electrons. The molecule has 2 rings (SSSR count). The van der Waals surface area contributed by atoms with Crippen LogP contribution in [0.1, 0.15) is 31.9 Å². The Bertz CT molecular complexity index is 914. The fraction of sp³-hybridized carbons (Fsp3) is 0.222. The molecular formula is C18H22N4O3S. The van der Waals surface area contributed by atoms with Crippen LogP contribution in [-0.2, 0) is 15.4 Å². The van der Waals surface area contributed by atoms with E-state index in [2.05, 4.69) is 36.0 Å². The molecule has 2 aromatic rings. The smallest absolute Gasteiger partial charge is 0.332 e. The first-order valence-electron chi connectivity index (χ1n) is 7.90. The average Bonchev–Trinajstić information content (AvgIpc) is 2.54. The Hall–Kier alpha value is -2.87. The van der Waals surface area contributed by atoms with Gasteiger partial charge in [-0.05, 0) is 40.8 Å². The summed E-state index contributed by atoms with van der Waals surface area (Å²) in [6.45, 7) is 6.19. The standard InChI is InChI=1S/C18H22N4O3S/c1-18(2,3)14-7-9-16(10-8-14)26(24,25)22-15-6-4-5-13(11-15)12-20-21-17(19)23/h4-12,22H,1-3H3,(H3,19,21,23). The number of hydrazone groups is 1. The molecule has 7 nitrogen and oxygen atoms in total. The summed E-state index contributed by atoms with van der Waals surface area (Å²) in [5, 5.41) is 3.64. The zero-order chi connectivity index (χ0) is 19.4. The number of benzene rings is 2. The number of primary amides is 1. The van der Waals surface area contributed by atoms with Crippen LogP contribution in [0, 0.1) is 0 Å². The highest BCUT2D eigenvalue weighted by Crippen LogP contribution is 2.24. The largest absolute Gasteiger partial charge is 0.350 e. The van der Waals surface area contributed by atoms with Crippen molar-refractivity contribution in [1.29, 1.82) is 0 Å². The Morgan fingerprint density at radius 2 is 1.77 bits per heavy atom. The van der Waals surface area contributed by atoms with Gasteiger partial charge in [0.15, 0.2) is 0 Å². The molecule has 0 spiro atoms. The fourth-order valence-corrected chi connectivity index (χ4v) is 3.25. The van der Waals surface area contributed by atoms with Crippen LogP contribution in [0.2, 0.25) is 0 Å². The molecule has 0 aromatic heterocycles. The molecule has 2 aromatic carbocycles. The van der Waals surface area contributed by atoms with Crippen LogP contribution < -0.4 is 15.9 Å². The van der Waals surface area contributed by atoms with Gasteiger partial charge < -0.3 is 5.73 Å². The van der Waals surface area contributed by atoms with Crippen molar-refractivity contribution in [3.05, 3.63) is 59.7 Å². The molecule has 2 amide bonds. The van der Waals surface area contributed by atoms with E-state index in [9.17, 15) is 13.2 Å². The van der Waals surface area contributed by atoms with Crippen LogP contribution in [-0.4, -0.2) is 20.7 Å². The monoisotopic (exact) mass is 374 g/mol. The molecule has 0 heterocycles. The number of carbonyl (C=O) groups excluding carboxylic acids is 1. The lowest BCUT2D eigenvalue weighted by molar-refractivity contribution is 0.249. The van der Waals surface area contributed by atoms with Gasteiger partial charge in [-0.25, -0.2) is 18.6 Å². The fourth-order valence-electron chi connectivity index (χ4n) is 2.20. The molecular weight excluding hydrogens is 352 g/mol. The predicted molar refractivity (Wildman–Crippen MR) is 103 cm³/mol. The van der Waals surface area contributed by atoms with E-state index in [0.717, 1.165) is 5.56 Å². The molecule has 4 N–H and O–H groups in total. The Morgan fingerprint density at radius 3 is 2.35 bits per heavy atom. The van der Waals surface area contributed by atoms with Gasteiger partial charge in [0.2, 0.25) is 0 Å². The summed E-state index contributed by atoms with van der Waals surface area (Å²) >= 11 is 0. The van der Waals surface area contributed by atoms with Crippen molar-refractivity contribution in [3.63, 3.8) is 0 Å². The number of amides is 2. The number of hydrogen-bond acceptors (Lipinski definition) is 4. The average molecular weight is 374 g/mol. The minimum atomic E-state index is -3.71. The number of carbonyl (C=O) groups is 1. The van der Waals surface area contributed by atoms with Crippen LogP contribution in [0.25, 0.3) is 0 Å². The van der Waals surface area contributed by atoms with E-state index < -0.39 is 16.1 Å². The van der Waals surface area contributed by atoms with E-state index in [0.29, 0.717) is 11.3 Å². The molecule has 0 radical (unpaired) electrons. The molecule has 8 heteroatoms. The van der Waals surface area contributed by atoms with Crippen molar-refractivity contribution in [1.82, 2.24) is 5.43 Å². The van der Waals surface area contributed by atoms with Crippen LogP contribution in [0.3, 0.4) is 0 Å². The summed E-state index contributed by atoms with van der Waals surface area (Å²) in [5.41, 5.74) is 8.97. The summed E-state index contributed by atoms with van der Waals surface area (Å²) < 4.78 is 27.6. The second-order valence-corrected chi connectivity index (χ2v) is 8.42. The van der Waals surface area contributed by atoms with E-state index in [4.69, 9.17) is 5.73 Å². The number of nitrogens with two attached hydrogens (primary N) is 1. The normalized spacial score (nSPS) is 12.1. The molecule has 26 heavy (non-hydrogen) atoms. The summed E-state index contributed by atoms with van der Waals surface area (Å²) in [6.07, 6.45) is 1.36. The summed E-state index contributed by atoms with van der Waals surface area (Å²) in [4.78, 5) is 10.8. The zero-order valence-electron chi connectivity index (χ0n) is 14.9. The maximum absolute atomic E-state index is 12.6. The van der Waals surface area contributed by atoms with Crippen LogP contribution in [0.5, 0.6) is 0 Å². The van der Waals surface area contributed by atoms with Crippen LogP contribution in [0.15, 0.2) is 58.5 Å². The van der Waals surface area contributed by atoms with E-state index in [1.54, 1.807) is 36.4 Å². The Balaban J connectivity index is 2.19. The molecule has 0 saturated carbocycles. The molecule has 0 fully saturated rings. The summed E-state index contributed by atoms with van der Waals surface area (Å²) in [5.74, 6) is 0. The number of nitrogens with zero attached hydrogens (tertiary/aromatic N) is 1. The second kappa shape index (κ2) is 7.57. The second-order valence-electron chi connectivity index (χ2n) is 6.74. The van der Waals surface area contributed by atoms with E-state index >= 15 is 0 Å². The molecule has 0 unspecified atom stereocenters. The van der Waals surface area contributed by atoms with Crippen molar-refractivity contribution in [2.45, 2.75) is 31.1 Å². The molecule has 0 atom stereocenters. The van der Waals surface area contributed by atoms with Gasteiger partial charge in [0, 0.05) is 5.69 Å². The molecule has 0 aliphatic rings. The lowest BCUT2D eigenvalue weighted by atomic mass is 9.87. The van der Waals surface area contributed by atoms with Crippen molar-refractivity contribution in [2.24, 2.45) is 10.8 Å². The number of nitrogens with one attached hydrogen (secondary N) is 2. The minimum Gasteiger partial charge on any atom is -0.350 e. The Labute approximate surface area is 153 Å². The van der Waals surface area contributed by atoms with Crippen molar-refractivity contribution < 1.29 is 13.2 Å². The molecule has 0 aliphatic carbocycles. The number of urea groups is 1. The Kier molecular flexibility index (Phi) is 5.66. The first-order chi connectivity index (χ1) is 12.1. The predicted octanol–water partition coefficient (Wildman–Crippen LogP) is 2.79. The maximum atomic E-state index is 12.6. The third kappa shape index (κ3) is 5.32. The minimum absolute atomic E-state index is 0.0532. The molecule has 0 bridgehead atoms. The van der Waals surface area contributed by atoms with E-state index in [1.165, 1.54) is 6.21 Å². The maximum Gasteiger partial charge on any atom is 0.332 e. The third-order valence-electron chi connectivity index (χ3n) is 3.56. The van der Waals surface area contributed by atoms with Crippen LogP contribution >= 0.6 is 0 Å². The van der Waals surface area contributed by atoms with Gasteiger partial charge in [-0.1, -0.05) is 45.0 Å². The first-order valence-corrected chi connectivity index (χ1v) is 9.38. The van der Waals surface area contributed by atoms with Gasteiger partial charge in [0.25, 0.3) is 10.0 Å². The number of hydrogen-bond donors (Lipinski definition) is 3. The van der Waals surface area contributed by atoms with Gasteiger partial charge in [-0.2, -0.15) is 5.10 Å². The molecule has 0 aliphatic heterocycles. The van der Waals surface area contributed by atoms with Gasteiger partial charge in [0.1, 0.15) is 0 Å². The number of anilines is 1. The van der Waals surface area contributed by atoms with Crippen LogP contribution in [0.4, 0.5) is 10.5 Å². The SMILES string of the molecule is CC(C)(C)c1ccc(S(=O)(=O)Nc2cccc(C=NNC(N)=O)c2)cc1. The van der Waals surface area contributed by atoms with Gasteiger partial charge >= 0.3 is 6.03 Å². The number of sulfonamides is 1. The van der Waals surface area contributed by atoms with Gasteiger partial charge in [0.05, 0.1) is 11.1 Å². The van der Waals surface area contributed by atoms with Crippen molar-refractivity contribution in [2.75, 3.05) is 4.72 Å². The summed E-state index contributed by atoms with van der Waals surface area (Å²) in [6, 6.07) is 12.6. The topological polar surface area (TPSA) is 114 Å². The van der Waals surface area contributed by atoms with E-state index in [-0.39, 0.29) is 10.3 Å². The molecule has 0 saturated heterocycles. The van der Waals surface area contributed by atoms with E-state index in [1.807, 2.05) is 12.1 Å². The Morgan fingerprint density at radius 1 is 1.12 bits per heavy atom. The quantitative estimate of drug-likeness (QED) is 0.552. The highest BCUT2D eigenvalue weighted by atomic mass is 32.2. The summed E-state index contributed by atoms with van der Waals surface area (Å²) in [7, 11) is -3.71. The van der Waals surface area contributed by atoms with Gasteiger partial charge in [-0.3, -0.25) is 4.72 Å². The lowest BCUT2D eigenvalue weighted by Crippen LogP contribution is -2.24. The highest BCUT2D eigenvalue weighted by molar-refractivity contribution is 7.92. The number of rotatable bonds is 5. The third-order valence-corrected chi connectivity index (χ3v) is 4.96. The first kappa shape index (κ1) is 19.5. The van der Waals surface area contributed by atoms with Crippen molar-refractivity contribution >= 4 is 28.0 Å². The lowest BCUT2D eigenvalue weighted by Gasteiger charge is -2.19. The van der Waals surface area contributed by atoms with Crippen molar-refractivity contribution in [3.8, 4) is 0 Å². The highest BCUT2D eigenvalue weighted by Gasteiger charge is 2.17.